The lowest BCUT2D eigenvalue weighted by atomic mass is 10.1. The second-order valence-corrected chi connectivity index (χ2v) is 8.11. The lowest BCUT2D eigenvalue weighted by Gasteiger charge is -2.21. The van der Waals surface area contributed by atoms with Crippen LogP contribution in [-0.2, 0) is 19.5 Å². The molecular formula is C21H22FN3O3S. The maximum absolute atomic E-state index is 14.0. The zero-order valence-electron chi connectivity index (χ0n) is 16.6. The summed E-state index contributed by atoms with van der Waals surface area (Å²) >= 11 is 1.27. The van der Waals surface area contributed by atoms with Crippen LogP contribution in [0.4, 0.5) is 4.39 Å². The average Bonchev–Trinajstić information content (AvgIpc) is 3.31. The summed E-state index contributed by atoms with van der Waals surface area (Å²) in [4.78, 5) is 33.5. The molecule has 0 bridgehead atoms. The molecule has 0 atom stereocenters. The minimum Gasteiger partial charge on any atom is -0.494 e. The molecule has 152 valence electrons. The van der Waals surface area contributed by atoms with Gasteiger partial charge in [-0.3, -0.25) is 14.2 Å². The van der Waals surface area contributed by atoms with Crippen molar-refractivity contribution in [2.75, 3.05) is 13.7 Å². The number of nitrogens with zero attached hydrogens (tertiary/aromatic N) is 3. The predicted octanol–water partition coefficient (Wildman–Crippen LogP) is 3.52. The molecule has 1 aliphatic rings. The van der Waals surface area contributed by atoms with Gasteiger partial charge in [-0.15, -0.1) is 11.3 Å². The van der Waals surface area contributed by atoms with E-state index in [9.17, 15) is 14.0 Å². The largest absolute Gasteiger partial charge is 0.494 e. The van der Waals surface area contributed by atoms with E-state index in [0.717, 1.165) is 18.7 Å². The predicted molar refractivity (Wildman–Crippen MR) is 110 cm³/mol. The van der Waals surface area contributed by atoms with E-state index in [1.54, 1.807) is 28.5 Å². The van der Waals surface area contributed by atoms with E-state index in [2.05, 4.69) is 4.98 Å². The summed E-state index contributed by atoms with van der Waals surface area (Å²) in [6, 6.07) is 4.68. The first kappa shape index (κ1) is 19.6. The third-order valence-electron chi connectivity index (χ3n) is 5.36. The Balaban J connectivity index is 1.68. The van der Waals surface area contributed by atoms with Crippen LogP contribution in [0.2, 0.25) is 0 Å². The number of ether oxygens (including phenoxy) is 1. The first-order valence-corrected chi connectivity index (χ1v) is 10.4. The van der Waals surface area contributed by atoms with Gasteiger partial charge in [0.1, 0.15) is 10.7 Å². The molecule has 3 heterocycles. The van der Waals surface area contributed by atoms with Gasteiger partial charge in [0.2, 0.25) is 0 Å². The fourth-order valence-electron chi connectivity index (χ4n) is 3.78. The van der Waals surface area contributed by atoms with Crippen LogP contribution in [0.1, 0.15) is 40.0 Å². The van der Waals surface area contributed by atoms with E-state index < -0.39 is 5.82 Å². The Morgan fingerprint density at radius 3 is 2.90 bits per heavy atom. The summed E-state index contributed by atoms with van der Waals surface area (Å²) in [6.07, 6.45) is 1.71. The van der Waals surface area contributed by atoms with Gasteiger partial charge in [-0.05, 0) is 43.5 Å². The maximum Gasteiger partial charge on any atom is 0.264 e. The Kier molecular flexibility index (Phi) is 5.12. The molecule has 0 fully saturated rings. The van der Waals surface area contributed by atoms with Crippen molar-refractivity contribution in [2.24, 2.45) is 0 Å². The highest BCUT2D eigenvalue weighted by molar-refractivity contribution is 7.20. The van der Waals surface area contributed by atoms with Crippen molar-refractivity contribution in [3.05, 3.63) is 56.2 Å². The number of rotatable bonds is 5. The van der Waals surface area contributed by atoms with Crippen molar-refractivity contribution in [2.45, 2.75) is 39.8 Å². The Bertz CT molecular complexity index is 1170. The highest BCUT2D eigenvalue weighted by atomic mass is 32.1. The molecule has 2 aromatic heterocycles. The van der Waals surface area contributed by atoms with Gasteiger partial charge < -0.3 is 9.64 Å². The minimum absolute atomic E-state index is 0.0597. The van der Waals surface area contributed by atoms with Crippen molar-refractivity contribution >= 4 is 27.5 Å². The Morgan fingerprint density at radius 1 is 1.41 bits per heavy atom. The second kappa shape index (κ2) is 7.59. The standard InChI is InChI=1S/C21H22FN3O3S/c1-4-24(11-13-7-8-15(28-3)14(22)10-13)21(27)18-12(2)17-19(29-18)23-16-6-5-9-25(16)20(17)26/h7-8,10H,4-6,9,11H2,1-3H3. The maximum atomic E-state index is 14.0. The molecule has 1 amide bonds. The second-order valence-electron chi connectivity index (χ2n) is 7.11. The van der Waals surface area contributed by atoms with Crippen LogP contribution >= 0.6 is 11.3 Å². The van der Waals surface area contributed by atoms with E-state index in [-0.39, 0.29) is 23.8 Å². The zero-order chi connectivity index (χ0) is 20.7. The number of hydrogen-bond acceptors (Lipinski definition) is 5. The zero-order valence-corrected chi connectivity index (χ0v) is 17.4. The molecule has 6 nitrogen and oxygen atoms in total. The van der Waals surface area contributed by atoms with Crippen molar-refractivity contribution in [1.82, 2.24) is 14.5 Å². The molecule has 0 saturated carbocycles. The molecule has 0 spiro atoms. The number of amides is 1. The van der Waals surface area contributed by atoms with Gasteiger partial charge in [0.25, 0.3) is 11.5 Å². The van der Waals surface area contributed by atoms with Gasteiger partial charge in [-0.2, -0.15) is 0 Å². The van der Waals surface area contributed by atoms with Crippen molar-refractivity contribution in [3.63, 3.8) is 0 Å². The number of hydrogen-bond donors (Lipinski definition) is 0. The molecule has 0 aliphatic carbocycles. The molecule has 0 radical (unpaired) electrons. The average molecular weight is 415 g/mol. The van der Waals surface area contributed by atoms with Crippen LogP contribution < -0.4 is 10.3 Å². The van der Waals surface area contributed by atoms with E-state index in [0.29, 0.717) is 39.3 Å². The van der Waals surface area contributed by atoms with Gasteiger partial charge in [0.05, 0.1) is 17.4 Å². The van der Waals surface area contributed by atoms with E-state index >= 15 is 0 Å². The van der Waals surface area contributed by atoms with Crippen LogP contribution in [0, 0.1) is 12.7 Å². The molecule has 0 unspecified atom stereocenters. The fraction of sp³-hybridized carbons (Fsp3) is 0.381. The van der Waals surface area contributed by atoms with E-state index in [1.165, 1.54) is 24.5 Å². The quantitative estimate of drug-likeness (QED) is 0.640. The van der Waals surface area contributed by atoms with Gasteiger partial charge >= 0.3 is 0 Å². The molecule has 0 N–H and O–H groups in total. The SMILES string of the molecule is CCN(Cc1ccc(OC)c(F)c1)C(=O)c1sc2nc3n(c(=O)c2c1C)CCC3. The molecular weight excluding hydrogens is 393 g/mol. The molecule has 29 heavy (non-hydrogen) atoms. The molecule has 4 rings (SSSR count). The first-order valence-electron chi connectivity index (χ1n) is 9.59. The number of aromatic nitrogens is 2. The monoisotopic (exact) mass is 415 g/mol. The topological polar surface area (TPSA) is 64.4 Å². The molecule has 1 aromatic carbocycles. The molecule has 3 aromatic rings. The summed E-state index contributed by atoms with van der Waals surface area (Å²) < 4.78 is 20.7. The van der Waals surface area contributed by atoms with Crippen LogP contribution in [0.15, 0.2) is 23.0 Å². The van der Waals surface area contributed by atoms with Gasteiger partial charge in [-0.1, -0.05) is 6.07 Å². The minimum atomic E-state index is -0.460. The lowest BCUT2D eigenvalue weighted by Crippen LogP contribution is -2.30. The number of methoxy groups -OCH3 is 1. The first-order chi connectivity index (χ1) is 13.9. The number of carbonyl (C=O) groups excluding carboxylic acids is 1. The van der Waals surface area contributed by atoms with Crippen LogP contribution in [0.3, 0.4) is 0 Å². The van der Waals surface area contributed by atoms with Crippen molar-refractivity contribution in [1.29, 1.82) is 0 Å². The Labute approximate surface area is 171 Å². The highest BCUT2D eigenvalue weighted by Crippen LogP contribution is 2.30. The molecule has 0 saturated heterocycles. The molecule has 8 heteroatoms. The summed E-state index contributed by atoms with van der Waals surface area (Å²) in [5.74, 6) is 0.332. The Hall–Kier alpha value is -2.74. The number of aryl methyl sites for hydroxylation is 2. The van der Waals surface area contributed by atoms with Crippen LogP contribution in [0.5, 0.6) is 5.75 Å². The number of halogens is 1. The molecule has 1 aliphatic heterocycles. The summed E-state index contributed by atoms with van der Waals surface area (Å²) in [5, 5.41) is 0.538. The van der Waals surface area contributed by atoms with Gasteiger partial charge in [0.15, 0.2) is 11.6 Å². The van der Waals surface area contributed by atoms with E-state index in [4.69, 9.17) is 4.74 Å². The van der Waals surface area contributed by atoms with E-state index in [1.807, 2.05) is 6.92 Å². The van der Waals surface area contributed by atoms with Crippen LogP contribution in [0.25, 0.3) is 10.2 Å². The fourth-order valence-corrected chi connectivity index (χ4v) is 4.94. The Morgan fingerprint density at radius 2 is 2.21 bits per heavy atom. The third kappa shape index (κ3) is 3.31. The number of carbonyl (C=O) groups is 1. The number of benzene rings is 1. The normalized spacial score (nSPS) is 13.0. The lowest BCUT2D eigenvalue weighted by molar-refractivity contribution is 0.0756. The van der Waals surface area contributed by atoms with Gasteiger partial charge in [0, 0.05) is 26.1 Å². The van der Waals surface area contributed by atoms with Crippen molar-refractivity contribution < 1.29 is 13.9 Å². The third-order valence-corrected chi connectivity index (χ3v) is 6.54. The number of thiophene rings is 1. The van der Waals surface area contributed by atoms with Gasteiger partial charge in [-0.25, -0.2) is 9.37 Å². The summed E-state index contributed by atoms with van der Waals surface area (Å²) in [6.45, 7) is 5.09. The summed E-state index contributed by atoms with van der Waals surface area (Å²) in [7, 11) is 1.41. The van der Waals surface area contributed by atoms with Crippen molar-refractivity contribution in [3.8, 4) is 5.75 Å². The number of fused-ring (bicyclic) bond motifs is 2. The smallest absolute Gasteiger partial charge is 0.264 e. The summed E-state index contributed by atoms with van der Waals surface area (Å²) in [5.41, 5.74) is 1.29. The highest BCUT2D eigenvalue weighted by Gasteiger charge is 2.25. The van der Waals surface area contributed by atoms with Crippen LogP contribution in [-0.4, -0.2) is 34.0 Å².